The summed E-state index contributed by atoms with van der Waals surface area (Å²) in [6.07, 6.45) is 5.81. The molecule has 2 fully saturated rings. The third kappa shape index (κ3) is 6.19. The zero-order valence-corrected chi connectivity index (χ0v) is 18.0. The van der Waals surface area contributed by atoms with Gasteiger partial charge < -0.3 is 15.0 Å². The number of unbranched alkanes of at least 4 members (excludes halogenated alkanes) is 1. The molecule has 3 rings (SSSR count). The first-order valence-corrected chi connectivity index (χ1v) is 11.2. The molecule has 2 saturated heterocycles. The molecule has 7 nitrogen and oxygen atoms in total. The maximum atomic E-state index is 12.9. The molecule has 0 radical (unpaired) electrons. The van der Waals surface area contributed by atoms with Crippen LogP contribution in [0.2, 0.25) is 0 Å². The van der Waals surface area contributed by atoms with E-state index in [0.717, 1.165) is 50.3 Å². The highest BCUT2D eigenvalue weighted by atomic mass is 16.5. The minimum absolute atomic E-state index is 0.0159. The minimum atomic E-state index is -0.335. The smallest absolute Gasteiger partial charge is 0.233 e. The van der Waals surface area contributed by atoms with E-state index in [-0.39, 0.29) is 24.3 Å². The number of hydrogen-bond donors (Lipinski definition) is 2. The maximum Gasteiger partial charge on any atom is 0.233 e. The number of benzene rings is 1. The number of nitrogens with zero attached hydrogens (tertiary/aromatic N) is 2. The van der Waals surface area contributed by atoms with Crippen LogP contribution in [0.25, 0.3) is 0 Å². The van der Waals surface area contributed by atoms with Crippen molar-refractivity contribution in [3.8, 4) is 5.75 Å². The molecule has 166 valence electrons. The summed E-state index contributed by atoms with van der Waals surface area (Å²) in [5, 5.41) is 13.6. The lowest BCUT2D eigenvalue weighted by Crippen LogP contribution is -2.33. The van der Waals surface area contributed by atoms with E-state index in [1.165, 1.54) is 12.8 Å². The van der Waals surface area contributed by atoms with Crippen LogP contribution in [0.4, 0.5) is 0 Å². The molecule has 0 bridgehead atoms. The van der Waals surface area contributed by atoms with Gasteiger partial charge in [0.15, 0.2) is 0 Å². The van der Waals surface area contributed by atoms with E-state index in [2.05, 4.69) is 12.2 Å². The Labute approximate surface area is 179 Å². The van der Waals surface area contributed by atoms with E-state index >= 15 is 0 Å². The van der Waals surface area contributed by atoms with Gasteiger partial charge in [0, 0.05) is 25.6 Å². The number of carbonyl (C=O) groups is 2. The highest BCUT2D eigenvalue weighted by Crippen LogP contribution is 2.31. The lowest BCUT2D eigenvalue weighted by atomic mass is 9.90. The van der Waals surface area contributed by atoms with Crippen LogP contribution in [0, 0.1) is 17.8 Å². The molecule has 2 amide bonds. The van der Waals surface area contributed by atoms with Gasteiger partial charge in [0.25, 0.3) is 0 Å². The molecular formula is C23H35N3O4. The van der Waals surface area contributed by atoms with Gasteiger partial charge in [-0.25, -0.2) is 5.06 Å². The van der Waals surface area contributed by atoms with Crippen molar-refractivity contribution in [3.05, 3.63) is 29.8 Å². The van der Waals surface area contributed by atoms with E-state index in [1.54, 1.807) is 0 Å². The molecule has 1 aromatic carbocycles. The molecular weight excluding hydrogens is 382 g/mol. The minimum Gasteiger partial charge on any atom is -0.493 e. The third-order valence-electron chi connectivity index (χ3n) is 6.27. The molecule has 3 unspecified atom stereocenters. The second-order valence-electron chi connectivity index (χ2n) is 8.62. The van der Waals surface area contributed by atoms with Crippen molar-refractivity contribution in [2.24, 2.45) is 17.8 Å². The van der Waals surface area contributed by atoms with Crippen LogP contribution >= 0.6 is 0 Å². The summed E-state index contributed by atoms with van der Waals surface area (Å²) in [5.41, 5.74) is 1.06. The molecule has 2 aliphatic rings. The van der Waals surface area contributed by atoms with Gasteiger partial charge in [-0.3, -0.25) is 14.8 Å². The summed E-state index contributed by atoms with van der Waals surface area (Å²) in [6.45, 7) is 6.25. The molecule has 0 aliphatic carbocycles. The second kappa shape index (κ2) is 11.3. The average molecular weight is 418 g/mol. The molecule has 0 aromatic heterocycles. The summed E-state index contributed by atoms with van der Waals surface area (Å²) < 4.78 is 5.94. The van der Waals surface area contributed by atoms with Crippen molar-refractivity contribution in [2.45, 2.75) is 45.6 Å². The Morgan fingerprint density at radius 2 is 2.13 bits per heavy atom. The number of likely N-dealkylation sites (tertiary alicyclic amines) is 1. The van der Waals surface area contributed by atoms with Crippen LogP contribution in [0.1, 0.15) is 44.6 Å². The van der Waals surface area contributed by atoms with Crippen LogP contribution in [0.15, 0.2) is 24.3 Å². The number of nitrogens with one attached hydrogen (secondary N) is 1. The molecule has 7 heteroatoms. The number of hydroxylamine groups is 2. The van der Waals surface area contributed by atoms with Gasteiger partial charge in [0.2, 0.25) is 12.3 Å². The molecule has 3 atom stereocenters. The highest BCUT2D eigenvalue weighted by molar-refractivity contribution is 5.81. The number of carbonyl (C=O) groups excluding carboxylic acids is 2. The first kappa shape index (κ1) is 22.6. The van der Waals surface area contributed by atoms with Crippen LogP contribution in [-0.4, -0.2) is 60.3 Å². The Bertz CT molecular complexity index is 676. The fourth-order valence-corrected chi connectivity index (χ4v) is 4.50. The largest absolute Gasteiger partial charge is 0.493 e. The van der Waals surface area contributed by atoms with Crippen LogP contribution < -0.4 is 10.1 Å². The Morgan fingerprint density at radius 1 is 1.33 bits per heavy atom. The number of rotatable bonds is 11. The van der Waals surface area contributed by atoms with E-state index in [1.807, 2.05) is 29.2 Å². The van der Waals surface area contributed by atoms with Crippen molar-refractivity contribution in [1.82, 2.24) is 15.3 Å². The maximum absolute atomic E-state index is 12.9. The molecule has 0 saturated carbocycles. The Kier molecular flexibility index (Phi) is 8.51. The Hall–Kier alpha value is -2.12. The van der Waals surface area contributed by atoms with Gasteiger partial charge in [-0.15, -0.1) is 0 Å². The van der Waals surface area contributed by atoms with Crippen molar-refractivity contribution in [3.63, 3.8) is 0 Å². The van der Waals surface area contributed by atoms with E-state index < -0.39 is 0 Å². The first-order valence-electron chi connectivity index (χ1n) is 11.2. The quantitative estimate of drug-likeness (QED) is 0.329. The summed E-state index contributed by atoms with van der Waals surface area (Å²) in [6, 6.07) is 7.97. The number of hydrogen-bond acceptors (Lipinski definition) is 5. The number of amides is 2. The van der Waals surface area contributed by atoms with Gasteiger partial charge in [-0.2, -0.15) is 0 Å². The zero-order valence-electron chi connectivity index (χ0n) is 18.0. The highest BCUT2D eigenvalue weighted by Gasteiger charge is 2.40. The van der Waals surface area contributed by atoms with Gasteiger partial charge >= 0.3 is 0 Å². The fraction of sp³-hybridized carbons (Fsp3) is 0.652. The number of ether oxygens (including phenoxy) is 1. The van der Waals surface area contributed by atoms with Crippen molar-refractivity contribution < 1.29 is 19.5 Å². The second-order valence-corrected chi connectivity index (χ2v) is 8.62. The molecule has 0 spiro atoms. The normalized spacial score (nSPS) is 24.1. The lowest BCUT2D eigenvalue weighted by Gasteiger charge is -2.23. The predicted molar refractivity (Wildman–Crippen MR) is 114 cm³/mol. The Balaban J connectivity index is 1.54. The van der Waals surface area contributed by atoms with E-state index in [0.29, 0.717) is 30.5 Å². The number of piperidine rings is 1. The van der Waals surface area contributed by atoms with Gasteiger partial charge in [0.1, 0.15) is 5.75 Å². The topological polar surface area (TPSA) is 82.1 Å². The van der Waals surface area contributed by atoms with Crippen LogP contribution in [-0.2, 0) is 16.1 Å². The van der Waals surface area contributed by atoms with E-state index in [4.69, 9.17) is 4.74 Å². The molecule has 2 aliphatic heterocycles. The average Bonchev–Trinajstić information content (AvgIpc) is 3.06. The summed E-state index contributed by atoms with van der Waals surface area (Å²) in [4.78, 5) is 25.6. The zero-order chi connectivity index (χ0) is 21.3. The van der Waals surface area contributed by atoms with Crippen molar-refractivity contribution >= 4 is 12.3 Å². The lowest BCUT2D eigenvalue weighted by molar-refractivity contribution is -0.155. The standard InChI is InChI=1S/C23H35N3O4/c1-2-3-6-20-14-25(23(28)22(20)15-26(29)17-27)13-18-7-9-21(10-8-18)30-16-19-5-4-11-24-12-19/h7-10,17,19-20,22,24,29H,2-6,11-16H2,1H3. The van der Waals surface area contributed by atoms with Crippen molar-refractivity contribution in [1.29, 1.82) is 0 Å². The van der Waals surface area contributed by atoms with Crippen LogP contribution in [0.3, 0.4) is 0 Å². The van der Waals surface area contributed by atoms with Gasteiger partial charge in [0.05, 0.1) is 19.1 Å². The predicted octanol–water partition coefficient (Wildman–Crippen LogP) is 2.68. The van der Waals surface area contributed by atoms with Crippen molar-refractivity contribution in [2.75, 3.05) is 32.8 Å². The fourth-order valence-electron chi connectivity index (χ4n) is 4.50. The summed E-state index contributed by atoms with van der Waals surface area (Å²) in [7, 11) is 0. The third-order valence-corrected chi connectivity index (χ3v) is 6.27. The Morgan fingerprint density at radius 3 is 2.80 bits per heavy atom. The molecule has 1 aromatic rings. The van der Waals surface area contributed by atoms with Gasteiger partial charge in [-0.1, -0.05) is 31.9 Å². The van der Waals surface area contributed by atoms with Gasteiger partial charge in [-0.05, 0) is 49.4 Å². The summed E-state index contributed by atoms with van der Waals surface area (Å²) >= 11 is 0. The molecule has 2 heterocycles. The molecule has 2 N–H and O–H groups in total. The summed E-state index contributed by atoms with van der Waals surface area (Å²) in [5.74, 6) is 1.27. The van der Waals surface area contributed by atoms with E-state index in [9.17, 15) is 14.8 Å². The SMILES string of the molecule is CCCCC1CN(Cc2ccc(OCC3CCCNC3)cc2)C(=O)C1CN(O)C=O. The van der Waals surface area contributed by atoms with Crippen LogP contribution in [0.5, 0.6) is 5.75 Å². The monoisotopic (exact) mass is 417 g/mol. The molecule has 30 heavy (non-hydrogen) atoms. The first-order chi connectivity index (χ1) is 14.6.